The Morgan fingerprint density at radius 3 is 1.75 bits per heavy atom. The lowest BCUT2D eigenvalue weighted by Crippen LogP contribution is -2.39. The highest BCUT2D eigenvalue weighted by Crippen LogP contribution is 2.64. The summed E-state index contributed by atoms with van der Waals surface area (Å²) in [7, 11) is 0. The van der Waals surface area contributed by atoms with E-state index in [4.69, 9.17) is 9.97 Å². The van der Waals surface area contributed by atoms with Gasteiger partial charge in [-0.2, -0.15) is 0 Å². The Balaban J connectivity index is 1.21. The molecule has 2 aromatic heterocycles. The first kappa shape index (κ1) is 33.9. The molecule has 2 aliphatic heterocycles. The van der Waals surface area contributed by atoms with E-state index in [1.165, 1.54) is 59.8 Å². The molecule has 4 heterocycles. The minimum Gasteiger partial charge on any atom is -0.310 e. The SMILES string of the molecule is Cc1cccc(N2c3ccccc3C3(c4ccccc4Sc4c3ccc3c5ccccc5n(-c5nc(-c6ccccc6)cc(-c6ccccc6)n5)c43)c3ccccc32)c1. The zero-order chi connectivity index (χ0) is 39.1. The Kier molecular flexibility index (Phi) is 7.56. The van der Waals surface area contributed by atoms with Crippen molar-refractivity contribution in [3.05, 3.63) is 228 Å². The summed E-state index contributed by atoms with van der Waals surface area (Å²) in [5, 5.41) is 2.35. The molecule has 278 valence electrons. The number of aromatic nitrogens is 3. The van der Waals surface area contributed by atoms with Crippen molar-refractivity contribution in [1.29, 1.82) is 0 Å². The van der Waals surface area contributed by atoms with Gasteiger partial charge in [0.05, 0.1) is 39.2 Å². The van der Waals surface area contributed by atoms with Gasteiger partial charge in [0.1, 0.15) is 0 Å². The van der Waals surface area contributed by atoms with E-state index >= 15 is 0 Å². The van der Waals surface area contributed by atoms with Gasteiger partial charge in [-0.05, 0) is 77.2 Å². The second kappa shape index (κ2) is 13.2. The molecule has 59 heavy (non-hydrogen) atoms. The second-order valence-corrected chi connectivity index (χ2v) is 16.5. The van der Waals surface area contributed by atoms with Gasteiger partial charge in [-0.15, -0.1) is 0 Å². The van der Waals surface area contributed by atoms with Crippen molar-refractivity contribution in [3.8, 4) is 28.5 Å². The van der Waals surface area contributed by atoms with Crippen molar-refractivity contribution in [3.63, 3.8) is 0 Å². The number of hydrogen-bond acceptors (Lipinski definition) is 4. The van der Waals surface area contributed by atoms with E-state index in [9.17, 15) is 0 Å². The molecular weight excluding hydrogens is 737 g/mol. The number of anilines is 3. The van der Waals surface area contributed by atoms with Gasteiger partial charge in [0.15, 0.2) is 0 Å². The zero-order valence-electron chi connectivity index (χ0n) is 32.2. The van der Waals surface area contributed by atoms with E-state index in [0.29, 0.717) is 5.95 Å². The van der Waals surface area contributed by atoms with Crippen LogP contribution in [0.3, 0.4) is 0 Å². The van der Waals surface area contributed by atoms with Crippen LogP contribution in [-0.2, 0) is 5.41 Å². The third kappa shape index (κ3) is 4.98. The summed E-state index contributed by atoms with van der Waals surface area (Å²) in [5.74, 6) is 0.647. The average Bonchev–Trinajstić information content (AvgIpc) is 3.64. The monoisotopic (exact) mass is 772 g/mol. The van der Waals surface area contributed by atoms with E-state index < -0.39 is 5.41 Å². The summed E-state index contributed by atoms with van der Waals surface area (Å²) in [5.41, 5.74) is 15.2. The third-order valence-electron chi connectivity index (χ3n) is 12.1. The quantitative estimate of drug-likeness (QED) is 0.178. The van der Waals surface area contributed by atoms with Gasteiger partial charge in [-0.25, -0.2) is 9.97 Å². The third-order valence-corrected chi connectivity index (χ3v) is 13.3. The van der Waals surface area contributed by atoms with Crippen LogP contribution >= 0.6 is 11.8 Å². The van der Waals surface area contributed by atoms with Crippen LogP contribution in [0.15, 0.2) is 210 Å². The molecule has 5 heteroatoms. The molecule has 0 radical (unpaired) electrons. The Bertz CT molecular complexity index is 3170. The fraction of sp³-hybridized carbons (Fsp3) is 0.0370. The van der Waals surface area contributed by atoms with Gasteiger partial charge in [-0.3, -0.25) is 4.57 Å². The number of para-hydroxylation sites is 3. The Hall–Kier alpha value is -7.21. The molecule has 0 fully saturated rings. The second-order valence-electron chi connectivity index (χ2n) is 15.4. The summed E-state index contributed by atoms with van der Waals surface area (Å²) < 4.78 is 2.33. The zero-order valence-corrected chi connectivity index (χ0v) is 33.1. The Morgan fingerprint density at radius 1 is 0.475 bits per heavy atom. The van der Waals surface area contributed by atoms with Crippen LogP contribution in [0.5, 0.6) is 0 Å². The molecule has 0 bridgehead atoms. The number of aryl methyl sites for hydroxylation is 1. The summed E-state index contributed by atoms with van der Waals surface area (Å²) in [6, 6.07) is 72.4. The maximum atomic E-state index is 5.43. The molecule has 1 spiro atoms. The summed E-state index contributed by atoms with van der Waals surface area (Å²) in [4.78, 5) is 15.8. The maximum Gasteiger partial charge on any atom is 0.235 e. The van der Waals surface area contributed by atoms with Crippen LogP contribution in [0.4, 0.5) is 17.1 Å². The first-order chi connectivity index (χ1) is 29.2. The Morgan fingerprint density at radius 2 is 1.07 bits per heavy atom. The average molecular weight is 773 g/mol. The number of rotatable bonds is 4. The highest BCUT2D eigenvalue weighted by atomic mass is 32.2. The first-order valence-corrected chi connectivity index (χ1v) is 20.9. The first-order valence-electron chi connectivity index (χ1n) is 20.1. The molecule has 2 aliphatic rings. The van der Waals surface area contributed by atoms with Crippen LogP contribution in [0.2, 0.25) is 0 Å². The largest absolute Gasteiger partial charge is 0.310 e. The number of benzene rings is 8. The molecule has 0 unspecified atom stereocenters. The van der Waals surface area contributed by atoms with Crippen molar-refractivity contribution in [1.82, 2.24) is 14.5 Å². The van der Waals surface area contributed by atoms with Crippen LogP contribution in [0.25, 0.3) is 50.3 Å². The lowest BCUT2D eigenvalue weighted by Gasteiger charge is -2.49. The fourth-order valence-corrected chi connectivity index (χ4v) is 11.0. The van der Waals surface area contributed by atoms with Gasteiger partial charge < -0.3 is 4.90 Å². The molecule has 0 saturated heterocycles. The minimum absolute atomic E-state index is 0.623. The topological polar surface area (TPSA) is 34.0 Å². The van der Waals surface area contributed by atoms with Crippen molar-refractivity contribution >= 4 is 50.6 Å². The molecule has 0 atom stereocenters. The summed E-state index contributed by atoms with van der Waals surface area (Å²) in [6.07, 6.45) is 0. The van der Waals surface area contributed by atoms with E-state index in [2.05, 4.69) is 217 Å². The fourth-order valence-electron chi connectivity index (χ4n) is 9.67. The predicted molar refractivity (Wildman–Crippen MR) is 243 cm³/mol. The smallest absolute Gasteiger partial charge is 0.235 e. The highest BCUT2D eigenvalue weighted by Gasteiger charge is 2.51. The summed E-state index contributed by atoms with van der Waals surface area (Å²) >= 11 is 1.86. The number of hydrogen-bond donors (Lipinski definition) is 0. The molecule has 12 rings (SSSR count). The lowest BCUT2D eigenvalue weighted by atomic mass is 9.62. The van der Waals surface area contributed by atoms with Gasteiger partial charge >= 0.3 is 0 Å². The van der Waals surface area contributed by atoms with Crippen LogP contribution in [0.1, 0.15) is 27.8 Å². The van der Waals surface area contributed by atoms with E-state index in [-0.39, 0.29) is 0 Å². The minimum atomic E-state index is -0.623. The van der Waals surface area contributed by atoms with Crippen molar-refractivity contribution in [2.75, 3.05) is 4.90 Å². The molecular formula is C54H36N4S. The molecule has 4 nitrogen and oxygen atoms in total. The van der Waals surface area contributed by atoms with Crippen molar-refractivity contribution in [2.45, 2.75) is 22.1 Å². The van der Waals surface area contributed by atoms with Gasteiger partial charge in [0, 0.05) is 37.4 Å². The lowest BCUT2D eigenvalue weighted by molar-refractivity contribution is 0.693. The van der Waals surface area contributed by atoms with Gasteiger partial charge in [0.25, 0.3) is 0 Å². The number of fused-ring (bicyclic) bond motifs is 12. The summed E-state index contributed by atoms with van der Waals surface area (Å²) in [6.45, 7) is 2.17. The highest BCUT2D eigenvalue weighted by molar-refractivity contribution is 7.99. The van der Waals surface area contributed by atoms with Gasteiger partial charge in [0.2, 0.25) is 5.95 Å². The molecule has 0 N–H and O–H groups in total. The van der Waals surface area contributed by atoms with E-state index in [1.807, 2.05) is 11.8 Å². The standard InChI is InChI=1S/C54H36N4S/c1-35-17-16-22-38(33-35)57-48-28-13-9-24-41(48)54(42-25-10-14-29-49(42)57)43-26-11-15-30-50(43)59-52-44(54)32-31-40-39-23-8-12-27-47(39)58(51(40)52)53-55-45(36-18-4-2-5-19-36)34-46(56-53)37-20-6-3-7-21-37/h2-34H,1H3. The van der Waals surface area contributed by atoms with Crippen molar-refractivity contribution < 1.29 is 0 Å². The maximum absolute atomic E-state index is 5.43. The van der Waals surface area contributed by atoms with Crippen LogP contribution in [0, 0.1) is 6.92 Å². The molecule has 8 aromatic carbocycles. The predicted octanol–water partition coefficient (Wildman–Crippen LogP) is 13.8. The van der Waals surface area contributed by atoms with Crippen LogP contribution in [-0.4, -0.2) is 14.5 Å². The van der Waals surface area contributed by atoms with E-state index in [1.54, 1.807) is 0 Å². The van der Waals surface area contributed by atoms with E-state index in [0.717, 1.165) is 39.2 Å². The molecule has 0 aliphatic carbocycles. The normalized spacial score (nSPS) is 13.5. The van der Waals surface area contributed by atoms with Gasteiger partial charge in [-0.1, -0.05) is 169 Å². The number of nitrogens with zero attached hydrogens (tertiary/aromatic N) is 4. The Labute approximate surface area is 347 Å². The molecule has 10 aromatic rings. The van der Waals surface area contributed by atoms with Crippen molar-refractivity contribution in [2.24, 2.45) is 0 Å². The molecule has 0 amide bonds. The van der Waals surface area contributed by atoms with Crippen LogP contribution < -0.4 is 4.90 Å². The molecule has 0 saturated carbocycles.